The van der Waals surface area contributed by atoms with Crippen molar-refractivity contribution in [2.45, 2.75) is 10.6 Å². The number of ether oxygens (including phenoxy) is 1. The lowest BCUT2D eigenvalue weighted by atomic mass is 10.1. The summed E-state index contributed by atoms with van der Waals surface area (Å²) in [6.45, 7) is 0.311. The van der Waals surface area contributed by atoms with Crippen LogP contribution in [0.15, 0.2) is 47.4 Å². The molecule has 0 spiro atoms. The minimum Gasteiger partial charge on any atom is -0.497 e. The minimum absolute atomic E-state index is 0.208. The monoisotopic (exact) mass is 301 g/mol. The highest BCUT2D eigenvalue weighted by molar-refractivity contribution is 7.98. The highest BCUT2D eigenvalue weighted by atomic mass is 32.2. The fraction of sp³-hybridized carbons (Fsp3) is 0.176. The zero-order valence-corrected chi connectivity index (χ0v) is 12.5. The summed E-state index contributed by atoms with van der Waals surface area (Å²) < 4.78 is 18.9. The van der Waals surface area contributed by atoms with Crippen LogP contribution in [-0.4, -0.2) is 13.7 Å². The largest absolute Gasteiger partial charge is 0.497 e. The molecule has 0 amide bonds. The first-order chi connectivity index (χ1) is 10.2. The summed E-state index contributed by atoms with van der Waals surface area (Å²) in [6, 6.07) is 12.4. The predicted molar refractivity (Wildman–Crippen MR) is 84.9 cm³/mol. The molecule has 2 N–H and O–H groups in total. The van der Waals surface area contributed by atoms with Gasteiger partial charge in [-0.2, -0.15) is 0 Å². The van der Waals surface area contributed by atoms with Gasteiger partial charge >= 0.3 is 0 Å². The molecule has 0 atom stereocenters. The van der Waals surface area contributed by atoms with E-state index >= 15 is 0 Å². The third-order valence-corrected chi connectivity index (χ3v) is 3.95. The first-order valence-electron chi connectivity index (χ1n) is 6.47. The van der Waals surface area contributed by atoms with Crippen LogP contribution in [0.1, 0.15) is 11.1 Å². The van der Waals surface area contributed by atoms with Crippen LogP contribution in [0.25, 0.3) is 0 Å². The van der Waals surface area contributed by atoms with Crippen molar-refractivity contribution in [1.82, 2.24) is 0 Å². The average Bonchev–Trinajstić information content (AvgIpc) is 2.52. The smallest absolute Gasteiger partial charge is 0.136 e. The number of benzene rings is 2. The maximum atomic E-state index is 13.7. The normalized spacial score (nSPS) is 9.86. The lowest BCUT2D eigenvalue weighted by molar-refractivity contribution is 0.414. The Kier molecular flexibility index (Phi) is 5.68. The van der Waals surface area contributed by atoms with E-state index in [2.05, 4.69) is 11.8 Å². The van der Waals surface area contributed by atoms with Crippen molar-refractivity contribution < 1.29 is 9.13 Å². The molecule has 108 valence electrons. The lowest BCUT2D eigenvalue weighted by Crippen LogP contribution is -1.95. The number of rotatable bonds is 4. The van der Waals surface area contributed by atoms with Crippen LogP contribution in [0.5, 0.6) is 5.75 Å². The molecular weight excluding hydrogens is 285 g/mol. The summed E-state index contributed by atoms with van der Waals surface area (Å²) >= 11 is 1.44. The Labute approximate surface area is 128 Å². The summed E-state index contributed by atoms with van der Waals surface area (Å²) in [5, 5.41) is 0. The van der Waals surface area contributed by atoms with Crippen molar-refractivity contribution in [3.63, 3.8) is 0 Å². The molecule has 0 heterocycles. The highest BCUT2D eigenvalue weighted by Crippen LogP contribution is 2.28. The van der Waals surface area contributed by atoms with Gasteiger partial charge < -0.3 is 10.5 Å². The van der Waals surface area contributed by atoms with Gasteiger partial charge in [-0.3, -0.25) is 0 Å². The number of thioether (sulfide) groups is 1. The molecule has 2 rings (SSSR count). The first kappa shape index (κ1) is 15.4. The zero-order valence-electron chi connectivity index (χ0n) is 11.7. The standard InChI is InChI=1S/C17H16FNOS/c1-20-15-9-8-13(5-4-10-19)14(11-15)12-21-17-7-3-2-6-16(17)18/h2-3,6-9,11H,10,12,19H2,1H3. The van der Waals surface area contributed by atoms with Gasteiger partial charge in [-0.1, -0.05) is 24.0 Å². The molecule has 0 bridgehead atoms. The van der Waals surface area contributed by atoms with Gasteiger partial charge in [0.15, 0.2) is 0 Å². The summed E-state index contributed by atoms with van der Waals surface area (Å²) in [7, 11) is 1.62. The maximum absolute atomic E-state index is 13.7. The van der Waals surface area contributed by atoms with E-state index in [1.807, 2.05) is 24.3 Å². The molecule has 2 nitrogen and oxygen atoms in total. The molecule has 0 aromatic heterocycles. The van der Waals surface area contributed by atoms with Gasteiger partial charge in [0.05, 0.1) is 13.7 Å². The Bertz CT molecular complexity index is 676. The van der Waals surface area contributed by atoms with Gasteiger partial charge in [0.1, 0.15) is 11.6 Å². The van der Waals surface area contributed by atoms with Gasteiger partial charge in [0.25, 0.3) is 0 Å². The summed E-state index contributed by atoms with van der Waals surface area (Å²) in [5.74, 6) is 7.05. The number of nitrogens with two attached hydrogens (primary N) is 1. The van der Waals surface area contributed by atoms with E-state index in [0.29, 0.717) is 17.2 Å². The van der Waals surface area contributed by atoms with E-state index in [9.17, 15) is 4.39 Å². The molecule has 0 fully saturated rings. The molecule has 21 heavy (non-hydrogen) atoms. The van der Waals surface area contributed by atoms with Crippen LogP contribution in [0.2, 0.25) is 0 Å². The van der Waals surface area contributed by atoms with Crippen molar-refractivity contribution in [3.8, 4) is 17.6 Å². The van der Waals surface area contributed by atoms with E-state index < -0.39 is 0 Å². The number of methoxy groups -OCH3 is 1. The van der Waals surface area contributed by atoms with Crippen LogP contribution in [-0.2, 0) is 5.75 Å². The predicted octanol–water partition coefficient (Wildman–Crippen LogP) is 3.44. The molecule has 2 aromatic rings. The van der Waals surface area contributed by atoms with Gasteiger partial charge in [-0.25, -0.2) is 4.39 Å². The third kappa shape index (κ3) is 4.25. The second kappa shape index (κ2) is 7.72. The van der Waals surface area contributed by atoms with Crippen LogP contribution in [0, 0.1) is 17.7 Å². The highest BCUT2D eigenvalue weighted by Gasteiger charge is 2.06. The Morgan fingerprint density at radius 1 is 1.24 bits per heavy atom. The van der Waals surface area contributed by atoms with Crippen molar-refractivity contribution in [2.24, 2.45) is 5.73 Å². The lowest BCUT2D eigenvalue weighted by Gasteiger charge is -2.08. The van der Waals surface area contributed by atoms with E-state index in [0.717, 1.165) is 16.9 Å². The van der Waals surface area contributed by atoms with Gasteiger partial charge in [-0.05, 0) is 35.9 Å². The van der Waals surface area contributed by atoms with Crippen LogP contribution in [0.4, 0.5) is 4.39 Å². The van der Waals surface area contributed by atoms with E-state index in [4.69, 9.17) is 10.5 Å². The molecular formula is C17H16FNOS. The SMILES string of the molecule is COc1ccc(C#CCN)c(CSc2ccccc2F)c1. The average molecular weight is 301 g/mol. The first-order valence-corrected chi connectivity index (χ1v) is 7.46. The number of hydrogen-bond donors (Lipinski definition) is 1. The number of hydrogen-bond acceptors (Lipinski definition) is 3. The van der Waals surface area contributed by atoms with Gasteiger partial charge in [0.2, 0.25) is 0 Å². The van der Waals surface area contributed by atoms with E-state index in [-0.39, 0.29) is 5.82 Å². The van der Waals surface area contributed by atoms with Crippen molar-refractivity contribution in [2.75, 3.05) is 13.7 Å². The second-order valence-electron chi connectivity index (χ2n) is 4.25. The molecule has 0 saturated carbocycles. The van der Waals surface area contributed by atoms with E-state index in [1.165, 1.54) is 17.8 Å². The molecule has 0 saturated heterocycles. The van der Waals surface area contributed by atoms with Gasteiger partial charge in [-0.15, -0.1) is 11.8 Å². The topological polar surface area (TPSA) is 35.2 Å². The second-order valence-corrected chi connectivity index (χ2v) is 5.27. The Balaban J connectivity index is 2.23. The summed E-state index contributed by atoms with van der Waals surface area (Å²) in [6.07, 6.45) is 0. The Morgan fingerprint density at radius 2 is 2.05 bits per heavy atom. The molecule has 0 aliphatic heterocycles. The maximum Gasteiger partial charge on any atom is 0.136 e. The van der Waals surface area contributed by atoms with Crippen molar-refractivity contribution >= 4 is 11.8 Å². The fourth-order valence-electron chi connectivity index (χ4n) is 1.80. The minimum atomic E-state index is -0.208. The van der Waals surface area contributed by atoms with Crippen LogP contribution < -0.4 is 10.5 Å². The van der Waals surface area contributed by atoms with Crippen molar-refractivity contribution in [1.29, 1.82) is 0 Å². The Morgan fingerprint density at radius 3 is 2.76 bits per heavy atom. The molecule has 0 aliphatic rings. The fourth-order valence-corrected chi connectivity index (χ4v) is 2.73. The summed E-state index contributed by atoms with van der Waals surface area (Å²) in [4.78, 5) is 0.623. The van der Waals surface area contributed by atoms with Crippen LogP contribution in [0.3, 0.4) is 0 Å². The van der Waals surface area contributed by atoms with Crippen LogP contribution >= 0.6 is 11.8 Å². The Hall–Kier alpha value is -1.96. The van der Waals surface area contributed by atoms with Gasteiger partial charge in [0, 0.05) is 16.2 Å². The molecule has 2 aromatic carbocycles. The summed E-state index contributed by atoms with van der Waals surface area (Å²) in [5.41, 5.74) is 7.31. The molecule has 4 heteroatoms. The zero-order chi connectivity index (χ0) is 15.1. The van der Waals surface area contributed by atoms with Crippen molar-refractivity contribution in [3.05, 3.63) is 59.4 Å². The third-order valence-electron chi connectivity index (χ3n) is 2.86. The quantitative estimate of drug-likeness (QED) is 0.694. The molecule has 0 unspecified atom stereocenters. The number of halogens is 1. The van der Waals surface area contributed by atoms with E-state index in [1.54, 1.807) is 19.2 Å². The molecule has 0 radical (unpaired) electrons. The molecule has 0 aliphatic carbocycles.